The molecule has 0 aliphatic carbocycles. The average Bonchev–Trinajstić information content (AvgIpc) is 2.38. The molecular formula is C14H18O. The van der Waals surface area contributed by atoms with E-state index in [2.05, 4.69) is 39.0 Å². The third kappa shape index (κ3) is 2.23. The third-order valence-corrected chi connectivity index (χ3v) is 2.84. The third-order valence-electron chi connectivity index (χ3n) is 2.84. The molecule has 0 saturated heterocycles. The van der Waals surface area contributed by atoms with Crippen LogP contribution in [0.15, 0.2) is 29.8 Å². The molecule has 15 heavy (non-hydrogen) atoms. The van der Waals surface area contributed by atoms with E-state index in [9.17, 15) is 0 Å². The van der Waals surface area contributed by atoms with Gasteiger partial charge in [-0.05, 0) is 11.5 Å². The molecule has 0 unspecified atom stereocenters. The lowest BCUT2D eigenvalue weighted by Gasteiger charge is -2.21. The van der Waals surface area contributed by atoms with E-state index in [1.54, 1.807) is 0 Å². The number of ether oxygens (including phenoxy) is 1. The summed E-state index contributed by atoms with van der Waals surface area (Å²) >= 11 is 0. The van der Waals surface area contributed by atoms with E-state index in [4.69, 9.17) is 4.74 Å². The minimum atomic E-state index is 0.237. The SMILES string of the molecule is CC(C)(C)C1=Cc2ccccc2OCC1. The van der Waals surface area contributed by atoms with E-state index in [1.165, 1.54) is 11.1 Å². The Morgan fingerprint density at radius 2 is 1.87 bits per heavy atom. The summed E-state index contributed by atoms with van der Waals surface area (Å²) in [7, 11) is 0. The van der Waals surface area contributed by atoms with E-state index in [-0.39, 0.29) is 5.41 Å². The lowest BCUT2D eigenvalue weighted by atomic mass is 9.84. The number of fused-ring (bicyclic) bond motifs is 1. The van der Waals surface area contributed by atoms with E-state index in [1.807, 2.05) is 12.1 Å². The summed E-state index contributed by atoms with van der Waals surface area (Å²) in [5.41, 5.74) is 2.91. The summed E-state index contributed by atoms with van der Waals surface area (Å²) in [6, 6.07) is 8.24. The summed E-state index contributed by atoms with van der Waals surface area (Å²) in [6.45, 7) is 7.56. The van der Waals surface area contributed by atoms with E-state index in [0.717, 1.165) is 18.8 Å². The number of hydrogen-bond acceptors (Lipinski definition) is 1. The fourth-order valence-corrected chi connectivity index (χ4v) is 1.85. The maximum Gasteiger partial charge on any atom is 0.126 e. The lowest BCUT2D eigenvalue weighted by Crippen LogP contribution is -2.10. The van der Waals surface area contributed by atoms with Crippen LogP contribution in [0.2, 0.25) is 0 Å². The second kappa shape index (κ2) is 3.73. The first kappa shape index (κ1) is 10.3. The zero-order valence-corrected chi connectivity index (χ0v) is 9.71. The largest absolute Gasteiger partial charge is 0.493 e. The van der Waals surface area contributed by atoms with Crippen LogP contribution < -0.4 is 4.74 Å². The summed E-state index contributed by atoms with van der Waals surface area (Å²) in [6.07, 6.45) is 3.31. The molecule has 1 heteroatoms. The molecule has 0 fully saturated rings. The smallest absolute Gasteiger partial charge is 0.126 e. The number of hydrogen-bond donors (Lipinski definition) is 0. The predicted octanol–water partition coefficient (Wildman–Crippen LogP) is 3.90. The Labute approximate surface area is 91.8 Å². The molecule has 1 heterocycles. The molecule has 1 nitrogen and oxygen atoms in total. The van der Waals surface area contributed by atoms with E-state index in [0.29, 0.717) is 0 Å². The highest BCUT2D eigenvalue weighted by Gasteiger charge is 2.19. The normalized spacial score (nSPS) is 16.1. The van der Waals surface area contributed by atoms with E-state index < -0.39 is 0 Å². The van der Waals surface area contributed by atoms with Gasteiger partial charge in [-0.1, -0.05) is 50.6 Å². The van der Waals surface area contributed by atoms with Gasteiger partial charge in [-0.25, -0.2) is 0 Å². The number of rotatable bonds is 0. The van der Waals surface area contributed by atoms with Crippen LogP contribution in [0.4, 0.5) is 0 Å². The van der Waals surface area contributed by atoms with Gasteiger partial charge in [0.1, 0.15) is 5.75 Å². The summed E-state index contributed by atoms with van der Waals surface area (Å²) in [5, 5.41) is 0. The Hall–Kier alpha value is -1.24. The Balaban J connectivity index is 2.43. The topological polar surface area (TPSA) is 9.23 Å². The van der Waals surface area contributed by atoms with Crippen LogP contribution in [-0.4, -0.2) is 6.61 Å². The summed E-state index contributed by atoms with van der Waals surface area (Å²) in [4.78, 5) is 0. The molecule has 2 rings (SSSR count). The maximum absolute atomic E-state index is 5.72. The first-order chi connectivity index (χ1) is 7.07. The number of benzene rings is 1. The molecule has 1 aliphatic heterocycles. The van der Waals surface area contributed by atoms with Crippen LogP contribution in [0, 0.1) is 5.41 Å². The van der Waals surface area contributed by atoms with Crippen LogP contribution in [0.25, 0.3) is 6.08 Å². The maximum atomic E-state index is 5.72. The summed E-state index contributed by atoms with van der Waals surface area (Å²) < 4.78 is 5.72. The summed E-state index contributed by atoms with van der Waals surface area (Å²) in [5.74, 6) is 1.01. The lowest BCUT2D eigenvalue weighted by molar-refractivity contribution is 0.313. The molecule has 1 aliphatic rings. The zero-order chi connectivity index (χ0) is 10.9. The Bertz CT molecular complexity index is 383. The Morgan fingerprint density at radius 1 is 1.13 bits per heavy atom. The highest BCUT2D eigenvalue weighted by atomic mass is 16.5. The van der Waals surface area contributed by atoms with Crippen molar-refractivity contribution in [3.8, 4) is 5.75 Å². The molecule has 0 saturated carbocycles. The van der Waals surface area contributed by atoms with Crippen molar-refractivity contribution in [1.29, 1.82) is 0 Å². The monoisotopic (exact) mass is 202 g/mol. The van der Waals surface area contributed by atoms with Gasteiger partial charge in [-0.3, -0.25) is 0 Å². The molecular weight excluding hydrogens is 184 g/mol. The minimum absolute atomic E-state index is 0.237. The molecule has 0 atom stereocenters. The highest BCUT2D eigenvalue weighted by molar-refractivity contribution is 5.61. The van der Waals surface area contributed by atoms with Gasteiger partial charge in [0.15, 0.2) is 0 Å². The first-order valence-electron chi connectivity index (χ1n) is 5.50. The fourth-order valence-electron chi connectivity index (χ4n) is 1.85. The quantitative estimate of drug-likeness (QED) is 0.620. The first-order valence-corrected chi connectivity index (χ1v) is 5.50. The molecule has 1 aromatic carbocycles. The molecule has 1 aromatic rings. The second-order valence-electron chi connectivity index (χ2n) is 5.06. The zero-order valence-electron chi connectivity index (χ0n) is 9.71. The average molecular weight is 202 g/mol. The van der Waals surface area contributed by atoms with Gasteiger partial charge < -0.3 is 4.74 Å². The standard InChI is InChI=1S/C14H18O/c1-14(2,3)12-8-9-15-13-7-5-4-6-11(13)10-12/h4-7,10H,8-9H2,1-3H3. The van der Waals surface area contributed by atoms with Crippen molar-refractivity contribution in [2.75, 3.05) is 6.61 Å². The van der Waals surface area contributed by atoms with Crippen LogP contribution in [0.3, 0.4) is 0 Å². The van der Waals surface area contributed by atoms with Crippen LogP contribution in [0.1, 0.15) is 32.8 Å². The second-order valence-corrected chi connectivity index (χ2v) is 5.06. The molecule has 0 radical (unpaired) electrons. The van der Waals surface area contributed by atoms with Crippen molar-refractivity contribution in [3.05, 3.63) is 35.4 Å². The fraction of sp³-hybridized carbons (Fsp3) is 0.429. The Morgan fingerprint density at radius 3 is 2.60 bits per heavy atom. The van der Waals surface area contributed by atoms with E-state index >= 15 is 0 Å². The van der Waals surface area contributed by atoms with Gasteiger partial charge in [-0.2, -0.15) is 0 Å². The highest BCUT2D eigenvalue weighted by Crippen LogP contribution is 2.34. The van der Waals surface area contributed by atoms with Crippen LogP contribution >= 0.6 is 0 Å². The van der Waals surface area contributed by atoms with Gasteiger partial charge in [0.25, 0.3) is 0 Å². The van der Waals surface area contributed by atoms with Gasteiger partial charge >= 0.3 is 0 Å². The van der Waals surface area contributed by atoms with Crippen molar-refractivity contribution >= 4 is 6.08 Å². The minimum Gasteiger partial charge on any atom is -0.493 e. The van der Waals surface area contributed by atoms with Gasteiger partial charge in [0.05, 0.1) is 6.61 Å². The Kier molecular flexibility index (Phi) is 2.56. The molecule has 0 N–H and O–H groups in total. The van der Waals surface area contributed by atoms with Crippen molar-refractivity contribution < 1.29 is 4.74 Å². The van der Waals surface area contributed by atoms with Gasteiger partial charge in [0.2, 0.25) is 0 Å². The van der Waals surface area contributed by atoms with Crippen molar-refractivity contribution in [3.63, 3.8) is 0 Å². The van der Waals surface area contributed by atoms with Crippen molar-refractivity contribution in [2.45, 2.75) is 27.2 Å². The molecule has 0 bridgehead atoms. The van der Waals surface area contributed by atoms with Crippen LogP contribution in [0.5, 0.6) is 5.75 Å². The molecule has 0 aromatic heterocycles. The molecule has 80 valence electrons. The van der Waals surface area contributed by atoms with Crippen molar-refractivity contribution in [2.24, 2.45) is 5.41 Å². The van der Waals surface area contributed by atoms with Crippen LogP contribution in [-0.2, 0) is 0 Å². The molecule has 0 amide bonds. The number of para-hydroxylation sites is 1. The predicted molar refractivity (Wildman–Crippen MR) is 64.0 cm³/mol. The van der Waals surface area contributed by atoms with Crippen molar-refractivity contribution in [1.82, 2.24) is 0 Å². The van der Waals surface area contributed by atoms with Gasteiger partial charge in [0, 0.05) is 12.0 Å². The van der Waals surface area contributed by atoms with Gasteiger partial charge in [-0.15, -0.1) is 0 Å². The molecule has 0 spiro atoms.